The molecule has 1 saturated carbocycles. The number of hydrogen-bond acceptors (Lipinski definition) is 3. The fraction of sp³-hybridized carbons (Fsp3) is 0.600. The molecule has 5 heteroatoms. The van der Waals surface area contributed by atoms with Crippen LogP contribution in [0.3, 0.4) is 0 Å². The molecule has 0 aromatic heterocycles. The van der Waals surface area contributed by atoms with E-state index >= 15 is 0 Å². The van der Waals surface area contributed by atoms with Gasteiger partial charge < -0.3 is 5.73 Å². The van der Waals surface area contributed by atoms with E-state index in [-0.39, 0.29) is 16.4 Å². The third-order valence-corrected chi connectivity index (χ3v) is 5.58. The predicted molar refractivity (Wildman–Crippen MR) is 81.9 cm³/mol. The molecule has 1 atom stereocenters. The largest absolute Gasteiger partial charge is 0.398 e. The Labute approximate surface area is 121 Å². The third-order valence-electron chi connectivity index (χ3n) is 3.98. The molecule has 112 valence electrons. The van der Waals surface area contributed by atoms with Crippen molar-refractivity contribution in [1.82, 2.24) is 4.72 Å². The SMILES string of the molecule is Cc1ccc(S(=O)(=O)NC2CCCC(C)(C)C2)c(N)c1. The van der Waals surface area contributed by atoms with E-state index in [0.717, 1.165) is 31.2 Å². The first-order chi connectivity index (χ1) is 9.20. The van der Waals surface area contributed by atoms with Gasteiger partial charge in [0.2, 0.25) is 10.0 Å². The first-order valence-corrected chi connectivity index (χ1v) is 8.56. The molecular formula is C15H24N2O2S. The monoisotopic (exact) mass is 296 g/mol. The lowest BCUT2D eigenvalue weighted by molar-refractivity contribution is 0.212. The van der Waals surface area contributed by atoms with Gasteiger partial charge in [0.1, 0.15) is 4.90 Å². The molecule has 0 amide bonds. The van der Waals surface area contributed by atoms with Gasteiger partial charge in [-0.1, -0.05) is 26.3 Å². The standard InChI is InChI=1S/C15H24N2O2S/c1-11-6-7-14(13(16)9-11)20(18,19)17-12-5-4-8-15(2,3)10-12/h6-7,9,12,17H,4-5,8,10,16H2,1-3H3. The number of nitrogens with two attached hydrogens (primary N) is 1. The van der Waals surface area contributed by atoms with Crippen LogP contribution >= 0.6 is 0 Å². The van der Waals surface area contributed by atoms with E-state index in [1.165, 1.54) is 0 Å². The second-order valence-electron chi connectivity index (χ2n) is 6.62. The van der Waals surface area contributed by atoms with E-state index in [2.05, 4.69) is 18.6 Å². The van der Waals surface area contributed by atoms with E-state index in [1.54, 1.807) is 18.2 Å². The molecule has 1 aromatic carbocycles. The number of hydrogen-bond donors (Lipinski definition) is 2. The van der Waals surface area contributed by atoms with E-state index in [9.17, 15) is 8.42 Å². The number of aryl methyl sites for hydroxylation is 1. The first kappa shape index (κ1) is 15.3. The average molecular weight is 296 g/mol. The first-order valence-electron chi connectivity index (χ1n) is 7.08. The molecule has 20 heavy (non-hydrogen) atoms. The molecule has 2 rings (SSSR count). The van der Waals surface area contributed by atoms with Crippen LogP contribution in [0.25, 0.3) is 0 Å². The summed E-state index contributed by atoms with van der Waals surface area (Å²) in [6, 6.07) is 5.06. The summed E-state index contributed by atoms with van der Waals surface area (Å²) < 4.78 is 27.7. The highest BCUT2D eigenvalue weighted by atomic mass is 32.2. The second-order valence-corrected chi connectivity index (χ2v) is 8.30. The molecule has 0 heterocycles. The van der Waals surface area contributed by atoms with Gasteiger partial charge in [-0.05, 0) is 49.3 Å². The highest BCUT2D eigenvalue weighted by molar-refractivity contribution is 7.89. The highest BCUT2D eigenvalue weighted by Gasteiger charge is 2.31. The highest BCUT2D eigenvalue weighted by Crippen LogP contribution is 2.35. The van der Waals surface area contributed by atoms with Gasteiger partial charge in [0.25, 0.3) is 0 Å². The minimum absolute atomic E-state index is 0.00412. The summed E-state index contributed by atoms with van der Waals surface area (Å²) in [5.74, 6) is 0. The quantitative estimate of drug-likeness (QED) is 0.842. The maximum absolute atomic E-state index is 12.5. The smallest absolute Gasteiger partial charge is 0.242 e. The zero-order valence-corrected chi connectivity index (χ0v) is 13.3. The van der Waals surface area contributed by atoms with Crippen LogP contribution in [0.2, 0.25) is 0 Å². The van der Waals surface area contributed by atoms with Gasteiger partial charge in [-0.15, -0.1) is 0 Å². The molecule has 0 spiro atoms. The Morgan fingerprint density at radius 3 is 2.65 bits per heavy atom. The van der Waals surface area contributed by atoms with E-state index in [0.29, 0.717) is 5.69 Å². The van der Waals surface area contributed by atoms with Gasteiger partial charge in [0, 0.05) is 6.04 Å². The van der Waals surface area contributed by atoms with Crippen molar-refractivity contribution in [2.24, 2.45) is 5.41 Å². The topological polar surface area (TPSA) is 72.2 Å². The van der Waals surface area contributed by atoms with Crippen LogP contribution < -0.4 is 10.5 Å². The normalized spacial score (nSPS) is 22.6. The maximum atomic E-state index is 12.5. The molecule has 0 bridgehead atoms. The van der Waals surface area contributed by atoms with E-state index in [1.807, 2.05) is 6.92 Å². The fourth-order valence-corrected chi connectivity index (χ4v) is 4.38. The number of anilines is 1. The average Bonchev–Trinajstić information content (AvgIpc) is 2.25. The van der Waals surface area contributed by atoms with Crippen molar-refractivity contribution >= 4 is 15.7 Å². The summed E-state index contributed by atoms with van der Waals surface area (Å²) in [7, 11) is -3.53. The molecule has 1 aliphatic carbocycles. The Kier molecular flexibility index (Phi) is 4.12. The van der Waals surface area contributed by atoms with Crippen LogP contribution in [0, 0.1) is 12.3 Å². The summed E-state index contributed by atoms with van der Waals surface area (Å²) in [5, 5.41) is 0. The lowest BCUT2D eigenvalue weighted by atomic mass is 9.75. The van der Waals surface area contributed by atoms with Crippen LogP contribution in [-0.4, -0.2) is 14.5 Å². The van der Waals surface area contributed by atoms with Gasteiger partial charge in [-0.2, -0.15) is 0 Å². The molecule has 1 unspecified atom stereocenters. The molecule has 1 fully saturated rings. The molecule has 1 aromatic rings. The van der Waals surface area contributed by atoms with Crippen LogP contribution in [0.1, 0.15) is 45.1 Å². The minimum Gasteiger partial charge on any atom is -0.398 e. The number of nitrogen functional groups attached to an aromatic ring is 1. The predicted octanol–water partition coefficient (Wildman–Crippen LogP) is 2.82. The van der Waals surface area contributed by atoms with E-state index < -0.39 is 10.0 Å². The number of benzene rings is 1. The van der Waals surface area contributed by atoms with Crippen molar-refractivity contribution < 1.29 is 8.42 Å². The van der Waals surface area contributed by atoms with Crippen molar-refractivity contribution in [3.05, 3.63) is 23.8 Å². The summed E-state index contributed by atoms with van der Waals surface area (Å²) in [5.41, 5.74) is 7.32. The van der Waals surface area contributed by atoms with Crippen LogP contribution in [0.15, 0.2) is 23.1 Å². The van der Waals surface area contributed by atoms with Gasteiger partial charge in [-0.25, -0.2) is 13.1 Å². The maximum Gasteiger partial charge on any atom is 0.242 e. The summed E-state index contributed by atoms with van der Waals surface area (Å²) >= 11 is 0. The Balaban J connectivity index is 2.19. The zero-order chi connectivity index (χ0) is 15.0. The molecule has 0 saturated heterocycles. The van der Waals surface area contributed by atoms with Gasteiger partial charge in [0.15, 0.2) is 0 Å². The number of nitrogens with one attached hydrogen (secondary N) is 1. The summed E-state index contributed by atoms with van der Waals surface area (Å²) in [6.07, 6.45) is 3.98. The molecular weight excluding hydrogens is 272 g/mol. The van der Waals surface area contributed by atoms with Crippen molar-refractivity contribution in [2.45, 2.75) is 57.4 Å². The molecule has 0 aliphatic heterocycles. The lowest BCUT2D eigenvalue weighted by Crippen LogP contribution is -2.40. The molecule has 0 radical (unpaired) electrons. The number of rotatable bonds is 3. The fourth-order valence-electron chi connectivity index (χ4n) is 2.99. The summed E-state index contributed by atoms with van der Waals surface area (Å²) in [4.78, 5) is 0.187. The van der Waals surface area contributed by atoms with Crippen molar-refractivity contribution in [2.75, 3.05) is 5.73 Å². The molecule has 4 nitrogen and oxygen atoms in total. The Bertz CT molecular complexity index is 594. The third kappa shape index (κ3) is 3.52. The zero-order valence-electron chi connectivity index (χ0n) is 12.4. The van der Waals surface area contributed by atoms with Crippen molar-refractivity contribution in [3.8, 4) is 0 Å². The Hall–Kier alpha value is -1.07. The molecule has 3 N–H and O–H groups in total. The minimum atomic E-state index is -3.53. The van der Waals surface area contributed by atoms with Gasteiger partial charge in [0.05, 0.1) is 5.69 Å². The Morgan fingerprint density at radius 2 is 2.05 bits per heavy atom. The van der Waals surface area contributed by atoms with Crippen LogP contribution in [0.4, 0.5) is 5.69 Å². The van der Waals surface area contributed by atoms with Crippen LogP contribution in [-0.2, 0) is 10.0 Å². The number of sulfonamides is 1. The van der Waals surface area contributed by atoms with Gasteiger partial charge in [-0.3, -0.25) is 0 Å². The summed E-state index contributed by atoms with van der Waals surface area (Å²) in [6.45, 7) is 6.27. The van der Waals surface area contributed by atoms with E-state index in [4.69, 9.17) is 5.73 Å². The Morgan fingerprint density at radius 1 is 1.35 bits per heavy atom. The van der Waals surface area contributed by atoms with Gasteiger partial charge >= 0.3 is 0 Å². The lowest BCUT2D eigenvalue weighted by Gasteiger charge is -2.35. The van der Waals surface area contributed by atoms with Crippen LogP contribution in [0.5, 0.6) is 0 Å². The second kappa shape index (κ2) is 5.37. The van der Waals surface area contributed by atoms with Crippen molar-refractivity contribution in [1.29, 1.82) is 0 Å². The molecule has 1 aliphatic rings. The van der Waals surface area contributed by atoms with Crippen molar-refractivity contribution in [3.63, 3.8) is 0 Å².